The van der Waals surface area contributed by atoms with Gasteiger partial charge in [-0.3, -0.25) is 9.89 Å². The predicted molar refractivity (Wildman–Crippen MR) is 70.3 cm³/mol. The third kappa shape index (κ3) is 1.97. The van der Waals surface area contributed by atoms with Gasteiger partial charge in [-0.15, -0.1) is 0 Å². The van der Waals surface area contributed by atoms with E-state index in [0.29, 0.717) is 5.92 Å². The van der Waals surface area contributed by atoms with Gasteiger partial charge in [0.2, 0.25) is 5.91 Å². The summed E-state index contributed by atoms with van der Waals surface area (Å²) in [5.74, 6) is 0.430. The van der Waals surface area contributed by atoms with Crippen molar-refractivity contribution in [2.24, 2.45) is 5.92 Å². The number of amides is 1. The quantitative estimate of drug-likeness (QED) is 0.749. The number of aromatic amines is 1. The minimum absolute atomic E-state index is 0.0406. The van der Waals surface area contributed by atoms with Crippen molar-refractivity contribution in [1.82, 2.24) is 15.5 Å². The Labute approximate surface area is 105 Å². The van der Waals surface area contributed by atoms with E-state index in [0.717, 1.165) is 29.6 Å². The van der Waals surface area contributed by atoms with Gasteiger partial charge in [0.05, 0.1) is 17.8 Å². The molecule has 2 heterocycles. The van der Waals surface area contributed by atoms with Crippen LogP contribution in [0.25, 0.3) is 10.9 Å². The van der Waals surface area contributed by atoms with E-state index in [1.54, 1.807) is 6.20 Å². The van der Waals surface area contributed by atoms with E-state index in [1.165, 1.54) is 0 Å². The van der Waals surface area contributed by atoms with Gasteiger partial charge in [-0.1, -0.05) is 6.92 Å². The van der Waals surface area contributed by atoms with E-state index < -0.39 is 0 Å². The Morgan fingerprint density at radius 3 is 3.17 bits per heavy atom. The minimum Gasteiger partial charge on any atom is -0.325 e. The van der Waals surface area contributed by atoms with E-state index in [2.05, 4.69) is 27.8 Å². The maximum absolute atomic E-state index is 12.1. The van der Waals surface area contributed by atoms with E-state index in [9.17, 15) is 4.79 Å². The molecule has 1 saturated heterocycles. The van der Waals surface area contributed by atoms with Gasteiger partial charge in [0.15, 0.2) is 0 Å². The van der Waals surface area contributed by atoms with Crippen LogP contribution in [0.4, 0.5) is 5.69 Å². The second kappa shape index (κ2) is 4.42. The molecule has 0 aliphatic carbocycles. The summed E-state index contributed by atoms with van der Waals surface area (Å²) in [6.07, 6.45) is 2.82. The standard InChI is InChI=1S/C13H16N4O/c1-8-4-5-14-12(8)13(18)16-10-3-2-9-7-15-17-11(9)6-10/h2-3,6-8,12,14H,4-5H2,1H3,(H,15,17)(H,16,18). The fourth-order valence-corrected chi connectivity index (χ4v) is 2.42. The maximum atomic E-state index is 12.1. The summed E-state index contributed by atoms with van der Waals surface area (Å²) in [6, 6.07) is 5.66. The summed E-state index contributed by atoms with van der Waals surface area (Å²) < 4.78 is 0. The Morgan fingerprint density at radius 2 is 2.39 bits per heavy atom. The number of aromatic nitrogens is 2. The fraction of sp³-hybridized carbons (Fsp3) is 0.385. The molecule has 3 N–H and O–H groups in total. The van der Waals surface area contributed by atoms with Crippen molar-refractivity contribution in [2.75, 3.05) is 11.9 Å². The zero-order chi connectivity index (χ0) is 12.5. The largest absolute Gasteiger partial charge is 0.325 e. The van der Waals surface area contributed by atoms with Crippen molar-refractivity contribution in [3.05, 3.63) is 24.4 Å². The average Bonchev–Trinajstić information content (AvgIpc) is 2.96. The van der Waals surface area contributed by atoms with Crippen LogP contribution in [0.5, 0.6) is 0 Å². The number of anilines is 1. The molecule has 2 unspecified atom stereocenters. The molecule has 1 aromatic heterocycles. The summed E-state index contributed by atoms with van der Waals surface area (Å²) in [5, 5.41) is 14.1. The molecular weight excluding hydrogens is 228 g/mol. The Morgan fingerprint density at radius 1 is 1.50 bits per heavy atom. The molecule has 1 aromatic carbocycles. The van der Waals surface area contributed by atoms with Crippen molar-refractivity contribution in [3.63, 3.8) is 0 Å². The van der Waals surface area contributed by atoms with Crippen LogP contribution in [-0.4, -0.2) is 28.7 Å². The van der Waals surface area contributed by atoms with Crippen LogP contribution in [0.15, 0.2) is 24.4 Å². The molecule has 18 heavy (non-hydrogen) atoms. The molecule has 0 bridgehead atoms. The van der Waals surface area contributed by atoms with Crippen LogP contribution >= 0.6 is 0 Å². The van der Waals surface area contributed by atoms with Crippen LogP contribution < -0.4 is 10.6 Å². The van der Waals surface area contributed by atoms with E-state index in [4.69, 9.17) is 0 Å². The summed E-state index contributed by atoms with van der Waals surface area (Å²) in [5.41, 5.74) is 1.73. The number of carbonyl (C=O) groups excluding carboxylic acids is 1. The molecule has 1 amide bonds. The Hall–Kier alpha value is -1.88. The van der Waals surface area contributed by atoms with Gasteiger partial charge in [-0.25, -0.2) is 0 Å². The number of nitrogens with one attached hydrogen (secondary N) is 3. The normalized spacial score (nSPS) is 23.4. The summed E-state index contributed by atoms with van der Waals surface area (Å²) in [4.78, 5) is 12.1. The summed E-state index contributed by atoms with van der Waals surface area (Å²) >= 11 is 0. The van der Waals surface area contributed by atoms with E-state index in [-0.39, 0.29) is 11.9 Å². The van der Waals surface area contributed by atoms with Crippen molar-refractivity contribution in [1.29, 1.82) is 0 Å². The SMILES string of the molecule is CC1CCNC1C(=O)Nc1ccc2cn[nH]c2c1. The molecular formula is C13H16N4O. The number of hydrogen-bond donors (Lipinski definition) is 3. The highest BCUT2D eigenvalue weighted by molar-refractivity contribution is 5.97. The Balaban J connectivity index is 1.77. The fourth-order valence-electron chi connectivity index (χ4n) is 2.42. The predicted octanol–water partition coefficient (Wildman–Crippen LogP) is 1.50. The zero-order valence-corrected chi connectivity index (χ0v) is 10.2. The first-order chi connectivity index (χ1) is 8.74. The van der Waals surface area contributed by atoms with Gasteiger partial charge in [0, 0.05) is 11.1 Å². The summed E-state index contributed by atoms with van der Waals surface area (Å²) in [7, 11) is 0. The van der Waals surface area contributed by atoms with Crippen LogP contribution in [0.3, 0.4) is 0 Å². The second-order valence-electron chi connectivity index (χ2n) is 4.86. The third-order valence-electron chi connectivity index (χ3n) is 3.52. The van der Waals surface area contributed by atoms with Crippen LogP contribution in [0.2, 0.25) is 0 Å². The van der Waals surface area contributed by atoms with Crippen LogP contribution in [-0.2, 0) is 4.79 Å². The molecule has 5 heteroatoms. The number of H-pyrrole nitrogens is 1. The van der Waals surface area contributed by atoms with Crippen LogP contribution in [0, 0.1) is 5.92 Å². The number of rotatable bonds is 2. The second-order valence-corrected chi connectivity index (χ2v) is 4.86. The van der Waals surface area contributed by atoms with Gasteiger partial charge in [-0.2, -0.15) is 5.10 Å². The Kier molecular flexibility index (Phi) is 2.76. The van der Waals surface area contributed by atoms with E-state index in [1.807, 2.05) is 18.2 Å². The molecule has 0 spiro atoms. The number of hydrogen-bond acceptors (Lipinski definition) is 3. The van der Waals surface area contributed by atoms with Gasteiger partial charge >= 0.3 is 0 Å². The number of fused-ring (bicyclic) bond motifs is 1. The molecule has 2 aromatic rings. The molecule has 0 radical (unpaired) electrons. The van der Waals surface area contributed by atoms with Gasteiger partial charge in [0.1, 0.15) is 0 Å². The lowest BCUT2D eigenvalue weighted by Crippen LogP contribution is -2.39. The zero-order valence-electron chi connectivity index (χ0n) is 10.2. The van der Waals surface area contributed by atoms with E-state index >= 15 is 0 Å². The van der Waals surface area contributed by atoms with Crippen molar-refractivity contribution in [3.8, 4) is 0 Å². The smallest absolute Gasteiger partial charge is 0.241 e. The maximum Gasteiger partial charge on any atom is 0.241 e. The van der Waals surface area contributed by atoms with Crippen molar-refractivity contribution >= 4 is 22.5 Å². The lowest BCUT2D eigenvalue weighted by atomic mass is 10.0. The van der Waals surface area contributed by atoms with Crippen molar-refractivity contribution < 1.29 is 4.79 Å². The topological polar surface area (TPSA) is 69.8 Å². The molecule has 1 fully saturated rings. The molecule has 2 atom stereocenters. The van der Waals surface area contributed by atoms with Gasteiger partial charge in [-0.05, 0) is 37.1 Å². The highest BCUT2D eigenvalue weighted by Crippen LogP contribution is 2.19. The molecule has 0 saturated carbocycles. The number of nitrogens with zero attached hydrogens (tertiary/aromatic N) is 1. The molecule has 5 nitrogen and oxygen atoms in total. The summed E-state index contributed by atoms with van der Waals surface area (Å²) in [6.45, 7) is 3.02. The van der Waals surface area contributed by atoms with Crippen molar-refractivity contribution in [2.45, 2.75) is 19.4 Å². The minimum atomic E-state index is -0.0811. The lowest BCUT2D eigenvalue weighted by Gasteiger charge is -2.15. The highest BCUT2D eigenvalue weighted by atomic mass is 16.2. The first-order valence-electron chi connectivity index (χ1n) is 6.21. The Bertz CT molecular complexity index is 577. The highest BCUT2D eigenvalue weighted by Gasteiger charge is 2.29. The molecule has 94 valence electrons. The molecule has 1 aliphatic rings. The average molecular weight is 244 g/mol. The van der Waals surface area contributed by atoms with Crippen LogP contribution in [0.1, 0.15) is 13.3 Å². The number of carbonyl (C=O) groups is 1. The molecule has 3 rings (SSSR count). The third-order valence-corrected chi connectivity index (χ3v) is 3.52. The lowest BCUT2D eigenvalue weighted by molar-refractivity contribution is -0.118. The first kappa shape index (κ1) is 11.2. The molecule has 1 aliphatic heterocycles. The first-order valence-corrected chi connectivity index (χ1v) is 6.21. The number of benzene rings is 1. The van der Waals surface area contributed by atoms with Gasteiger partial charge in [0.25, 0.3) is 0 Å². The van der Waals surface area contributed by atoms with Gasteiger partial charge < -0.3 is 10.6 Å². The monoisotopic (exact) mass is 244 g/mol.